The van der Waals surface area contributed by atoms with Crippen LogP contribution in [-0.2, 0) is 0 Å². The van der Waals surface area contributed by atoms with Gasteiger partial charge >= 0.3 is 0 Å². The van der Waals surface area contributed by atoms with Crippen molar-refractivity contribution >= 4 is 0 Å². The SMILES string of the molecule is CN1CCN(C2CC(F)C2)CC1. The first-order valence-corrected chi connectivity index (χ1v) is 4.82. The van der Waals surface area contributed by atoms with Crippen molar-refractivity contribution in [2.75, 3.05) is 33.2 Å². The average Bonchev–Trinajstić information content (AvgIpc) is 2.01. The normalized spacial score (nSPS) is 39.5. The van der Waals surface area contributed by atoms with Gasteiger partial charge in [0.05, 0.1) is 0 Å². The first-order valence-electron chi connectivity index (χ1n) is 4.82. The summed E-state index contributed by atoms with van der Waals surface area (Å²) in [5, 5.41) is 0. The number of alkyl halides is 1. The zero-order chi connectivity index (χ0) is 8.55. The summed E-state index contributed by atoms with van der Waals surface area (Å²) in [6, 6.07) is 0.564. The van der Waals surface area contributed by atoms with Gasteiger partial charge in [-0.2, -0.15) is 0 Å². The number of piperazine rings is 1. The van der Waals surface area contributed by atoms with Gasteiger partial charge in [0.1, 0.15) is 6.17 Å². The number of likely N-dealkylation sites (N-methyl/N-ethyl adjacent to an activating group) is 1. The second-order valence-electron chi connectivity index (χ2n) is 4.06. The number of nitrogens with zero attached hydrogens (tertiary/aromatic N) is 2. The Kier molecular flexibility index (Phi) is 2.33. The van der Waals surface area contributed by atoms with Crippen molar-refractivity contribution in [2.45, 2.75) is 25.1 Å². The fourth-order valence-electron chi connectivity index (χ4n) is 2.01. The van der Waals surface area contributed by atoms with E-state index in [4.69, 9.17) is 0 Å². The van der Waals surface area contributed by atoms with Crippen LogP contribution in [-0.4, -0.2) is 55.2 Å². The first kappa shape index (κ1) is 8.45. The summed E-state index contributed by atoms with van der Waals surface area (Å²) in [6.45, 7) is 4.56. The van der Waals surface area contributed by atoms with Crippen LogP contribution in [0.4, 0.5) is 4.39 Å². The van der Waals surface area contributed by atoms with E-state index in [2.05, 4.69) is 16.8 Å². The maximum absolute atomic E-state index is 12.6. The summed E-state index contributed by atoms with van der Waals surface area (Å²) >= 11 is 0. The van der Waals surface area contributed by atoms with E-state index >= 15 is 0 Å². The van der Waals surface area contributed by atoms with Gasteiger partial charge < -0.3 is 4.90 Å². The lowest BCUT2D eigenvalue weighted by Gasteiger charge is -2.43. The van der Waals surface area contributed by atoms with Crippen LogP contribution in [0.1, 0.15) is 12.8 Å². The molecule has 2 rings (SSSR count). The topological polar surface area (TPSA) is 6.48 Å². The van der Waals surface area contributed by atoms with Crippen molar-refractivity contribution in [3.8, 4) is 0 Å². The molecule has 1 saturated carbocycles. The smallest absolute Gasteiger partial charge is 0.103 e. The monoisotopic (exact) mass is 172 g/mol. The molecule has 0 unspecified atom stereocenters. The summed E-state index contributed by atoms with van der Waals surface area (Å²) in [6.07, 6.45) is 1.06. The second kappa shape index (κ2) is 3.30. The highest BCUT2D eigenvalue weighted by Gasteiger charge is 2.34. The van der Waals surface area contributed by atoms with Crippen LogP contribution < -0.4 is 0 Å². The molecule has 0 N–H and O–H groups in total. The van der Waals surface area contributed by atoms with Crippen molar-refractivity contribution in [1.29, 1.82) is 0 Å². The van der Waals surface area contributed by atoms with Gasteiger partial charge in [-0.1, -0.05) is 0 Å². The van der Waals surface area contributed by atoms with Crippen LogP contribution in [0.5, 0.6) is 0 Å². The molecule has 0 atom stereocenters. The van der Waals surface area contributed by atoms with Crippen LogP contribution >= 0.6 is 0 Å². The fraction of sp³-hybridized carbons (Fsp3) is 1.00. The molecule has 0 aromatic heterocycles. The van der Waals surface area contributed by atoms with E-state index < -0.39 is 6.17 Å². The second-order valence-corrected chi connectivity index (χ2v) is 4.06. The number of rotatable bonds is 1. The van der Waals surface area contributed by atoms with E-state index in [0.29, 0.717) is 6.04 Å². The molecule has 1 heterocycles. The molecule has 0 radical (unpaired) electrons. The molecule has 0 aromatic carbocycles. The maximum atomic E-state index is 12.6. The predicted octanol–water partition coefficient (Wildman–Crippen LogP) is 0.734. The third-order valence-electron chi connectivity index (χ3n) is 3.11. The number of halogens is 1. The molecule has 3 heteroatoms. The van der Waals surface area contributed by atoms with E-state index in [-0.39, 0.29) is 0 Å². The van der Waals surface area contributed by atoms with Gasteiger partial charge in [-0.3, -0.25) is 4.90 Å². The number of hydrogen-bond acceptors (Lipinski definition) is 2. The van der Waals surface area contributed by atoms with Crippen LogP contribution in [0.15, 0.2) is 0 Å². The molecule has 1 aliphatic heterocycles. The predicted molar refractivity (Wildman–Crippen MR) is 47.0 cm³/mol. The molecule has 70 valence electrons. The molecular formula is C9H17FN2. The van der Waals surface area contributed by atoms with Gasteiger partial charge in [0.25, 0.3) is 0 Å². The Morgan fingerprint density at radius 1 is 1.08 bits per heavy atom. The highest BCUT2D eigenvalue weighted by molar-refractivity contribution is 4.89. The van der Waals surface area contributed by atoms with Gasteiger partial charge in [-0.15, -0.1) is 0 Å². The summed E-state index contributed by atoms with van der Waals surface area (Å²) in [5.74, 6) is 0. The standard InChI is InChI=1S/C9H17FN2/c1-11-2-4-12(5-3-11)9-6-8(10)7-9/h8-9H,2-7H2,1H3. The molecule has 0 aromatic rings. The number of hydrogen-bond donors (Lipinski definition) is 0. The minimum atomic E-state index is -0.505. The third-order valence-corrected chi connectivity index (χ3v) is 3.11. The van der Waals surface area contributed by atoms with Gasteiger partial charge in [0.2, 0.25) is 0 Å². The molecule has 2 aliphatic rings. The zero-order valence-electron chi connectivity index (χ0n) is 7.67. The highest BCUT2D eigenvalue weighted by Crippen LogP contribution is 2.28. The molecule has 12 heavy (non-hydrogen) atoms. The van der Waals surface area contributed by atoms with E-state index in [1.807, 2.05) is 0 Å². The Morgan fingerprint density at radius 2 is 1.67 bits per heavy atom. The molecular weight excluding hydrogens is 155 g/mol. The summed E-state index contributed by atoms with van der Waals surface area (Å²) in [4.78, 5) is 4.78. The molecule has 1 aliphatic carbocycles. The Labute approximate surface area is 73.3 Å². The van der Waals surface area contributed by atoms with Gasteiger partial charge in [0.15, 0.2) is 0 Å². The van der Waals surface area contributed by atoms with Crippen molar-refractivity contribution < 1.29 is 4.39 Å². The molecule has 2 fully saturated rings. The molecule has 0 amide bonds. The maximum Gasteiger partial charge on any atom is 0.103 e. The Morgan fingerprint density at radius 3 is 2.17 bits per heavy atom. The van der Waals surface area contributed by atoms with E-state index in [1.165, 1.54) is 0 Å². The van der Waals surface area contributed by atoms with Crippen molar-refractivity contribution in [3.63, 3.8) is 0 Å². The first-order chi connectivity index (χ1) is 5.75. The van der Waals surface area contributed by atoms with Crippen molar-refractivity contribution in [3.05, 3.63) is 0 Å². The zero-order valence-corrected chi connectivity index (χ0v) is 7.67. The van der Waals surface area contributed by atoms with E-state index in [9.17, 15) is 4.39 Å². The molecule has 0 spiro atoms. The summed E-state index contributed by atoms with van der Waals surface area (Å²) in [5.41, 5.74) is 0. The van der Waals surface area contributed by atoms with Crippen molar-refractivity contribution in [1.82, 2.24) is 9.80 Å². The van der Waals surface area contributed by atoms with E-state index in [0.717, 1.165) is 39.0 Å². The van der Waals surface area contributed by atoms with Gasteiger partial charge in [0, 0.05) is 32.2 Å². The Bertz CT molecular complexity index is 149. The molecule has 1 saturated heterocycles. The molecule has 0 bridgehead atoms. The van der Waals surface area contributed by atoms with Gasteiger partial charge in [-0.25, -0.2) is 4.39 Å². The lowest BCUT2D eigenvalue weighted by molar-refractivity contribution is 0.0251. The minimum Gasteiger partial charge on any atom is -0.304 e. The molecule has 2 nitrogen and oxygen atoms in total. The van der Waals surface area contributed by atoms with Crippen LogP contribution in [0.3, 0.4) is 0 Å². The average molecular weight is 172 g/mol. The lowest BCUT2D eigenvalue weighted by Crippen LogP contribution is -2.53. The largest absolute Gasteiger partial charge is 0.304 e. The quantitative estimate of drug-likeness (QED) is 0.575. The summed E-state index contributed by atoms with van der Waals surface area (Å²) in [7, 11) is 2.15. The van der Waals surface area contributed by atoms with Crippen LogP contribution in [0.25, 0.3) is 0 Å². The Hall–Kier alpha value is -0.150. The lowest BCUT2D eigenvalue weighted by atomic mass is 9.89. The summed E-state index contributed by atoms with van der Waals surface area (Å²) < 4.78 is 12.6. The fourth-order valence-corrected chi connectivity index (χ4v) is 2.01. The van der Waals surface area contributed by atoms with Crippen LogP contribution in [0, 0.1) is 0 Å². The van der Waals surface area contributed by atoms with E-state index in [1.54, 1.807) is 0 Å². The van der Waals surface area contributed by atoms with Crippen LogP contribution in [0.2, 0.25) is 0 Å². The Balaban J connectivity index is 1.75. The van der Waals surface area contributed by atoms with Gasteiger partial charge in [-0.05, 0) is 19.9 Å². The van der Waals surface area contributed by atoms with Crippen molar-refractivity contribution in [2.24, 2.45) is 0 Å². The highest BCUT2D eigenvalue weighted by atomic mass is 19.1. The minimum absolute atomic E-state index is 0.505. The third kappa shape index (κ3) is 1.62.